The molecule has 1 unspecified atom stereocenters. The number of carbonyl (C=O) groups is 2. The molecule has 1 fully saturated rings. The average Bonchev–Trinajstić information content (AvgIpc) is 2.88. The van der Waals surface area contributed by atoms with Gasteiger partial charge in [0, 0.05) is 40.5 Å². The number of Topliss-reactive ketones (excluding diaryl/α,β-unsaturated/α-hetero) is 1. The molecule has 28 heavy (non-hydrogen) atoms. The first-order valence-electron chi connectivity index (χ1n) is 9.88. The summed E-state index contributed by atoms with van der Waals surface area (Å²) in [4.78, 5) is 27.8. The van der Waals surface area contributed by atoms with Gasteiger partial charge in [0.1, 0.15) is 0 Å². The highest BCUT2D eigenvalue weighted by molar-refractivity contribution is 9.10. The van der Waals surface area contributed by atoms with E-state index in [1.165, 1.54) is 5.56 Å². The highest BCUT2D eigenvalue weighted by Gasteiger charge is 2.33. The molecule has 4 rings (SSSR count). The van der Waals surface area contributed by atoms with Crippen LogP contribution >= 0.6 is 27.5 Å². The van der Waals surface area contributed by atoms with Gasteiger partial charge >= 0.3 is 0 Å². The molecule has 0 radical (unpaired) electrons. The van der Waals surface area contributed by atoms with E-state index < -0.39 is 0 Å². The number of hydrogen-bond donors (Lipinski definition) is 0. The van der Waals surface area contributed by atoms with E-state index in [0.717, 1.165) is 59.4 Å². The van der Waals surface area contributed by atoms with Crippen LogP contribution in [0.25, 0.3) is 0 Å². The fourth-order valence-electron chi connectivity index (χ4n) is 4.51. The number of halogens is 2. The van der Waals surface area contributed by atoms with Gasteiger partial charge in [-0.15, -0.1) is 0 Å². The standard InChI is InChI=1S/C23H23BrClNO2/c24-20-6-3-5-19-18(20)9-8-16(14-22(19)27)23(28)26-12-10-15(11-13-26)17-4-1-2-7-21(17)25/h1-7,15-16H,8-14H2. The molecule has 1 atom stereocenters. The Morgan fingerprint density at radius 2 is 1.79 bits per heavy atom. The number of fused-ring (bicyclic) bond motifs is 1. The molecule has 0 aromatic heterocycles. The second-order valence-electron chi connectivity index (χ2n) is 7.75. The quantitative estimate of drug-likeness (QED) is 0.544. The Labute approximate surface area is 179 Å². The van der Waals surface area contributed by atoms with Crippen molar-refractivity contribution in [2.45, 2.75) is 38.0 Å². The summed E-state index contributed by atoms with van der Waals surface area (Å²) in [6.45, 7) is 1.46. The van der Waals surface area contributed by atoms with Gasteiger partial charge in [0.05, 0.1) is 0 Å². The van der Waals surface area contributed by atoms with Crippen LogP contribution in [0.3, 0.4) is 0 Å². The van der Waals surface area contributed by atoms with Crippen LogP contribution in [0, 0.1) is 5.92 Å². The SMILES string of the molecule is O=C1CC(C(=O)N2CCC(c3ccccc3Cl)CC2)CCc2c(Br)cccc21. The van der Waals surface area contributed by atoms with Crippen LogP contribution in [0.4, 0.5) is 0 Å². The zero-order chi connectivity index (χ0) is 19.7. The smallest absolute Gasteiger partial charge is 0.226 e. The van der Waals surface area contributed by atoms with E-state index in [1.54, 1.807) is 0 Å². The Kier molecular flexibility index (Phi) is 5.88. The molecule has 1 saturated heterocycles. The molecule has 1 amide bonds. The molecule has 2 aromatic carbocycles. The number of carbonyl (C=O) groups excluding carboxylic acids is 2. The average molecular weight is 461 g/mol. The predicted molar refractivity (Wildman–Crippen MR) is 115 cm³/mol. The molecule has 0 saturated carbocycles. The Balaban J connectivity index is 1.42. The lowest BCUT2D eigenvalue weighted by Gasteiger charge is -2.34. The number of rotatable bonds is 2. The van der Waals surface area contributed by atoms with Crippen molar-refractivity contribution >= 4 is 39.2 Å². The molecule has 2 aromatic rings. The minimum absolute atomic E-state index is 0.0816. The maximum atomic E-state index is 13.1. The number of ketones is 1. The van der Waals surface area contributed by atoms with Crippen LogP contribution in [0.15, 0.2) is 46.9 Å². The lowest BCUT2D eigenvalue weighted by atomic mass is 9.88. The zero-order valence-corrected chi connectivity index (χ0v) is 18.0. The molecule has 1 aliphatic heterocycles. The maximum absolute atomic E-state index is 13.1. The molecule has 2 aliphatic rings. The summed E-state index contributed by atoms with van der Waals surface area (Å²) in [7, 11) is 0. The fraction of sp³-hybridized carbons (Fsp3) is 0.391. The molecule has 1 aliphatic carbocycles. The predicted octanol–water partition coefficient (Wildman–Crippen LogP) is 5.64. The lowest BCUT2D eigenvalue weighted by molar-refractivity contribution is -0.136. The van der Waals surface area contributed by atoms with Gasteiger partial charge in [-0.2, -0.15) is 0 Å². The van der Waals surface area contributed by atoms with E-state index >= 15 is 0 Å². The zero-order valence-electron chi connectivity index (χ0n) is 15.7. The van der Waals surface area contributed by atoms with Gasteiger partial charge in [0.25, 0.3) is 0 Å². The van der Waals surface area contributed by atoms with Crippen LogP contribution in [0.5, 0.6) is 0 Å². The molecule has 0 N–H and O–H groups in total. The fourth-order valence-corrected chi connectivity index (χ4v) is 5.37. The van der Waals surface area contributed by atoms with Gasteiger partial charge in [-0.1, -0.05) is 57.9 Å². The number of nitrogens with zero attached hydrogens (tertiary/aromatic N) is 1. The topological polar surface area (TPSA) is 37.4 Å². The Hall–Kier alpha value is -1.65. The molecule has 3 nitrogen and oxygen atoms in total. The van der Waals surface area contributed by atoms with Crippen molar-refractivity contribution in [3.63, 3.8) is 0 Å². The van der Waals surface area contributed by atoms with Crippen molar-refractivity contribution in [1.82, 2.24) is 4.90 Å². The Morgan fingerprint density at radius 1 is 1.04 bits per heavy atom. The summed E-state index contributed by atoms with van der Waals surface area (Å²) >= 11 is 9.90. The first-order valence-corrected chi connectivity index (χ1v) is 11.1. The Bertz CT molecular complexity index is 905. The second-order valence-corrected chi connectivity index (χ2v) is 9.01. The van der Waals surface area contributed by atoms with E-state index in [1.807, 2.05) is 41.3 Å². The third-order valence-electron chi connectivity index (χ3n) is 6.09. The summed E-state index contributed by atoms with van der Waals surface area (Å²) in [5.74, 6) is 0.394. The van der Waals surface area contributed by atoms with Crippen LogP contribution in [0.2, 0.25) is 5.02 Å². The highest BCUT2D eigenvalue weighted by Crippen LogP contribution is 2.35. The number of benzene rings is 2. The van der Waals surface area contributed by atoms with E-state index in [4.69, 9.17) is 11.6 Å². The van der Waals surface area contributed by atoms with Crippen molar-refractivity contribution in [2.75, 3.05) is 13.1 Å². The molecule has 0 spiro atoms. The second kappa shape index (κ2) is 8.38. The third kappa shape index (κ3) is 3.90. The first-order chi connectivity index (χ1) is 13.5. The van der Waals surface area contributed by atoms with Crippen molar-refractivity contribution in [3.05, 3.63) is 68.7 Å². The number of piperidine rings is 1. The van der Waals surface area contributed by atoms with Crippen molar-refractivity contribution < 1.29 is 9.59 Å². The highest BCUT2D eigenvalue weighted by atomic mass is 79.9. The van der Waals surface area contributed by atoms with Gasteiger partial charge in [-0.05, 0) is 54.9 Å². The monoisotopic (exact) mass is 459 g/mol. The maximum Gasteiger partial charge on any atom is 0.226 e. The number of hydrogen-bond acceptors (Lipinski definition) is 2. The molecular formula is C23H23BrClNO2. The van der Waals surface area contributed by atoms with Crippen LogP contribution in [-0.2, 0) is 11.2 Å². The Morgan fingerprint density at radius 3 is 2.54 bits per heavy atom. The van der Waals surface area contributed by atoms with Crippen LogP contribution in [-0.4, -0.2) is 29.7 Å². The molecule has 1 heterocycles. The van der Waals surface area contributed by atoms with Gasteiger partial charge in [0.15, 0.2) is 5.78 Å². The van der Waals surface area contributed by atoms with Gasteiger partial charge in [-0.25, -0.2) is 0 Å². The van der Waals surface area contributed by atoms with Crippen LogP contribution < -0.4 is 0 Å². The summed E-state index contributed by atoms with van der Waals surface area (Å²) in [6.07, 6.45) is 3.64. The minimum Gasteiger partial charge on any atom is -0.342 e. The minimum atomic E-state index is -0.219. The largest absolute Gasteiger partial charge is 0.342 e. The molecular weight excluding hydrogens is 438 g/mol. The van der Waals surface area contributed by atoms with Gasteiger partial charge in [-0.3, -0.25) is 9.59 Å². The molecule has 0 bridgehead atoms. The van der Waals surface area contributed by atoms with Gasteiger partial charge < -0.3 is 4.90 Å². The summed E-state index contributed by atoms with van der Waals surface area (Å²) in [5, 5.41) is 0.810. The molecule has 146 valence electrons. The van der Waals surface area contributed by atoms with E-state index in [0.29, 0.717) is 12.3 Å². The third-order valence-corrected chi connectivity index (χ3v) is 7.18. The van der Waals surface area contributed by atoms with E-state index in [-0.39, 0.29) is 17.6 Å². The summed E-state index contributed by atoms with van der Waals surface area (Å²) in [5.41, 5.74) is 2.99. The van der Waals surface area contributed by atoms with Crippen molar-refractivity contribution in [2.24, 2.45) is 5.92 Å². The lowest BCUT2D eigenvalue weighted by Crippen LogP contribution is -2.41. The van der Waals surface area contributed by atoms with Gasteiger partial charge in [0.2, 0.25) is 5.91 Å². The summed E-state index contributed by atoms with van der Waals surface area (Å²) < 4.78 is 0.965. The van der Waals surface area contributed by atoms with E-state index in [9.17, 15) is 9.59 Å². The number of likely N-dealkylation sites (tertiary alicyclic amines) is 1. The molecule has 5 heteroatoms. The van der Waals surface area contributed by atoms with Crippen molar-refractivity contribution in [1.29, 1.82) is 0 Å². The van der Waals surface area contributed by atoms with Crippen LogP contribution in [0.1, 0.15) is 53.1 Å². The normalized spacial score (nSPS) is 20.6. The number of amides is 1. The van der Waals surface area contributed by atoms with Crippen molar-refractivity contribution in [3.8, 4) is 0 Å². The first kappa shape index (κ1) is 19.7. The summed E-state index contributed by atoms with van der Waals surface area (Å²) in [6, 6.07) is 13.7. The van der Waals surface area contributed by atoms with E-state index in [2.05, 4.69) is 22.0 Å².